The van der Waals surface area contributed by atoms with Crippen molar-refractivity contribution in [1.82, 2.24) is 9.97 Å². The lowest BCUT2D eigenvalue weighted by Gasteiger charge is -2.09. The Morgan fingerprint density at radius 3 is 2.53 bits per heavy atom. The summed E-state index contributed by atoms with van der Waals surface area (Å²) in [5.41, 5.74) is 2.45. The normalized spacial score (nSPS) is 10.7. The summed E-state index contributed by atoms with van der Waals surface area (Å²) < 4.78 is 10.8. The van der Waals surface area contributed by atoms with Crippen LogP contribution in [0, 0.1) is 6.92 Å². The van der Waals surface area contributed by atoms with E-state index in [1.165, 1.54) is 0 Å². The summed E-state index contributed by atoms with van der Waals surface area (Å²) in [6.45, 7) is 1.80. The summed E-state index contributed by atoms with van der Waals surface area (Å²) in [6, 6.07) is 22.0. The number of fused-ring (bicyclic) bond motifs is 1. The third-order valence-corrected chi connectivity index (χ3v) is 4.49. The molecule has 6 nitrogen and oxygen atoms in total. The van der Waals surface area contributed by atoms with E-state index in [2.05, 4.69) is 9.97 Å². The quantitative estimate of drug-likeness (QED) is 0.482. The molecule has 0 spiro atoms. The first kappa shape index (κ1) is 19.4. The van der Waals surface area contributed by atoms with E-state index in [0.29, 0.717) is 11.7 Å². The van der Waals surface area contributed by atoms with E-state index < -0.39 is 5.97 Å². The van der Waals surface area contributed by atoms with Gasteiger partial charge in [-0.2, -0.15) is 4.98 Å². The van der Waals surface area contributed by atoms with Crippen LogP contribution in [0.25, 0.3) is 22.2 Å². The van der Waals surface area contributed by atoms with Crippen LogP contribution in [0.3, 0.4) is 0 Å². The van der Waals surface area contributed by atoms with E-state index in [4.69, 9.17) is 9.47 Å². The number of ether oxygens (including phenoxy) is 2. The second-order valence-electron chi connectivity index (χ2n) is 6.85. The highest BCUT2D eigenvalue weighted by atomic mass is 16.6. The first-order valence-corrected chi connectivity index (χ1v) is 9.48. The molecule has 0 aliphatic rings. The largest absolute Gasteiger partial charge is 0.508 e. The van der Waals surface area contributed by atoms with Crippen LogP contribution < -0.4 is 4.74 Å². The van der Waals surface area contributed by atoms with Crippen molar-refractivity contribution < 1.29 is 19.4 Å². The zero-order chi connectivity index (χ0) is 20.9. The fourth-order valence-corrected chi connectivity index (χ4v) is 3.03. The zero-order valence-corrected chi connectivity index (χ0v) is 16.4. The third-order valence-electron chi connectivity index (χ3n) is 4.49. The molecular weight excluding hydrogens is 380 g/mol. The van der Waals surface area contributed by atoms with Crippen molar-refractivity contribution in [3.8, 4) is 23.0 Å². The minimum absolute atomic E-state index is 0.198. The smallest absolute Gasteiger partial charge is 0.344 e. The van der Waals surface area contributed by atoms with Gasteiger partial charge in [0, 0.05) is 17.3 Å². The van der Waals surface area contributed by atoms with Gasteiger partial charge in [-0.15, -0.1) is 0 Å². The minimum atomic E-state index is -0.470. The molecule has 3 aromatic carbocycles. The molecule has 0 unspecified atom stereocenters. The number of phenols is 1. The lowest BCUT2D eigenvalue weighted by Crippen LogP contribution is -2.15. The number of carbonyl (C=O) groups is 1. The van der Waals surface area contributed by atoms with Crippen molar-refractivity contribution in [3.05, 3.63) is 84.1 Å². The van der Waals surface area contributed by atoms with E-state index in [1.807, 2.05) is 61.5 Å². The van der Waals surface area contributed by atoms with E-state index in [9.17, 15) is 9.90 Å². The van der Waals surface area contributed by atoms with Crippen LogP contribution in [-0.2, 0) is 16.1 Å². The van der Waals surface area contributed by atoms with Crippen molar-refractivity contribution in [1.29, 1.82) is 0 Å². The van der Waals surface area contributed by atoms with Gasteiger partial charge in [0.15, 0.2) is 12.4 Å². The van der Waals surface area contributed by atoms with Gasteiger partial charge in [0.2, 0.25) is 5.88 Å². The highest BCUT2D eigenvalue weighted by molar-refractivity contribution is 5.87. The monoisotopic (exact) mass is 400 g/mol. The molecule has 4 aromatic rings. The van der Waals surface area contributed by atoms with E-state index >= 15 is 0 Å². The molecule has 0 saturated carbocycles. The van der Waals surface area contributed by atoms with Crippen LogP contribution in [0.5, 0.6) is 11.6 Å². The van der Waals surface area contributed by atoms with Crippen LogP contribution in [0.15, 0.2) is 72.8 Å². The van der Waals surface area contributed by atoms with Crippen molar-refractivity contribution in [2.24, 2.45) is 0 Å². The van der Waals surface area contributed by atoms with E-state index in [1.54, 1.807) is 18.2 Å². The molecule has 4 rings (SSSR count). The van der Waals surface area contributed by atoms with Crippen LogP contribution in [0.4, 0.5) is 0 Å². The van der Waals surface area contributed by atoms with Crippen LogP contribution in [-0.4, -0.2) is 27.7 Å². The Morgan fingerprint density at radius 1 is 0.933 bits per heavy atom. The summed E-state index contributed by atoms with van der Waals surface area (Å²) in [5.74, 6) is 0.552. The Labute approximate surface area is 173 Å². The SMILES string of the molecule is Cc1cc(OCC(=O)OCc2ccccc2)nc(-c2ccc3cc(O)ccc3c2)n1. The number of esters is 1. The predicted octanol–water partition coefficient (Wildman–Crippen LogP) is 4.43. The van der Waals surface area contributed by atoms with Crippen LogP contribution in [0.2, 0.25) is 0 Å². The van der Waals surface area contributed by atoms with Gasteiger partial charge >= 0.3 is 5.97 Å². The Kier molecular flexibility index (Phi) is 5.57. The summed E-state index contributed by atoms with van der Waals surface area (Å²) in [4.78, 5) is 20.9. The molecule has 30 heavy (non-hydrogen) atoms. The minimum Gasteiger partial charge on any atom is -0.508 e. The van der Waals surface area contributed by atoms with Gasteiger partial charge in [0.05, 0.1) is 0 Å². The van der Waals surface area contributed by atoms with Crippen LogP contribution >= 0.6 is 0 Å². The fourth-order valence-electron chi connectivity index (χ4n) is 3.03. The van der Waals surface area contributed by atoms with Crippen molar-refractivity contribution in [2.75, 3.05) is 6.61 Å². The summed E-state index contributed by atoms with van der Waals surface area (Å²) in [6.07, 6.45) is 0. The highest BCUT2D eigenvalue weighted by Gasteiger charge is 2.10. The maximum Gasteiger partial charge on any atom is 0.344 e. The molecule has 0 amide bonds. The Balaban J connectivity index is 1.45. The van der Waals surface area contributed by atoms with Gasteiger partial charge in [-0.3, -0.25) is 0 Å². The van der Waals surface area contributed by atoms with Crippen LogP contribution in [0.1, 0.15) is 11.3 Å². The average Bonchev–Trinajstić information content (AvgIpc) is 2.76. The Hall–Kier alpha value is -3.93. The lowest BCUT2D eigenvalue weighted by molar-refractivity contribution is -0.147. The molecule has 1 heterocycles. The Morgan fingerprint density at radius 2 is 1.70 bits per heavy atom. The molecule has 0 radical (unpaired) electrons. The number of aryl methyl sites for hydroxylation is 1. The van der Waals surface area contributed by atoms with Gasteiger partial charge in [-0.1, -0.05) is 48.5 Å². The molecule has 0 saturated heterocycles. The number of hydrogen-bond donors (Lipinski definition) is 1. The summed E-state index contributed by atoms with van der Waals surface area (Å²) >= 11 is 0. The number of carbonyl (C=O) groups excluding carboxylic acids is 1. The molecule has 0 bridgehead atoms. The highest BCUT2D eigenvalue weighted by Crippen LogP contribution is 2.26. The van der Waals surface area contributed by atoms with Crippen molar-refractivity contribution in [3.63, 3.8) is 0 Å². The molecule has 150 valence electrons. The zero-order valence-electron chi connectivity index (χ0n) is 16.4. The number of phenolic OH excluding ortho intramolecular Hbond substituents is 1. The number of aromatic nitrogens is 2. The topological polar surface area (TPSA) is 81.5 Å². The van der Waals surface area contributed by atoms with Gasteiger partial charge in [-0.25, -0.2) is 9.78 Å². The van der Waals surface area contributed by atoms with Gasteiger partial charge in [0.1, 0.15) is 12.4 Å². The number of benzene rings is 3. The van der Waals surface area contributed by atoms with Crippen molar-refractivity contribution in [2.45, 2.75) is 13.5 Å². The number of hydrogen-bond acceptors (Lipinski definition) is 6. The number of nitrogens with zero attached hydrogens (tertiary/aromatic N) is 2. The first-order valence-electron chi connectivity index (χ1n) is 9.48. The average molecular weight is 400 g/mol. The maximum atomic E-state index is 12.0. The molecule has 0 fully saturated rings. The summed E-state index contributed by atoms with van der Waals surface area (Å²) in [7, 11) is 0. The fraction of sp³-hybridized carbons (Fsp3) is 0.125. The van der Waals surface area contributed by atoms with E-state index in [0.717, 1.165) is 27.6 Å². The second-order valence-corrected chi connectivity index (χ2v) is 6.85. The number of rotatable bonds is 6. The molecule has 1 N–H and O–H groups in total. The molecule has 0 atom stereocenters. The molecule has 0 aliphatic heterocycles. The van der Waals surface area contributed by atoms with Crippen molar-refractivity contribution >= 4 is 16.7 Å². The van der Waals surface area contributed by atoms with Gasteiger partial charge in [0.25, 0.3) is 0 Å². The number of aromatic hydroxyl groups is 1. The van der Waals surface area contributed by atoms with E-state index in [-0.39, 0.29) is 19.0 Å². The second kappa shape index (κ2) is 8.61. The maximum absolute atomic E-state index is 12.0. The Bertz CT molecular complexity index is 1190. The first-order chi connectivity index (χ1) is 14.6. The molecule has 6 heteroatoms. The van der Waals surface area contributed by atoms with Gasteiger partial charge in [-0.05, 0) is 41.5 Å². The molecule has 0 aliphatic carbocycles. The molecular formula is C24H20N2O4. The molecule has 1 aromatic heterocycles. The summed E-state index contributed by atoms with van der Waals surface area (Å²) in [5, 5.41) is 11.5. The van der Waals surface area contributed by atoms with Gasteiger partial charge < -0.3 is 14.6 Å². The third kappa shape index (κ3) is 4.72. The lowest BCUT2D eigenvalue weighted by atomic mass is 10.1. The predicted molar refractivity (Wildman–Crippen MR) is 113 cm³/mol. The standard InChI is InChI=1S/C24H20N2O4/c1-16-11-22(29-15-23(28)30-14-17-5-3-2-4-6-17)26-24(25-16)20-8-7-19-13-21(27)10-9-18(19)12-20/h2-13,27H,14-15H2,1H3.